The van der Waals surface area contributed by atoms with E-state index in [0.29, 0.717) is 25.7 Å². The first-order chi connectivity index (χ1) is 15.3. The molecule has 1 amide bonds. The molecule has 0 spiro atoms. The van der Waals surface area contributed by atoms with Crippen LogP contribution in [0.1, 0.15) is 43.4 Å². The molecule has 1 aliphatic heterocycles. The van der Waals surface area contributed by atoms with Gasteiger partial charge in [0.05, 0.1) is 29.8 Å². The fourth-order valence-electron chi connectivity index (χ4n) is 5.49. The number of nitrogens with zero attached hydrogens (tertiary/aromatic N) is 3. The van der Waals surface area contributed by atoms with Gasteiger partial charge in [0.2, 0.25) is 5.91 Å². The van der Waals surface area contributed by atoms with Crippen LogP contribution in [0, 0.1) is 5.92 Å². The molecule has 0 bridgehead atoms. The minimum absolute atomic E-state index is 0.247. The van der Waals surface area contributed by atoms with Crippen molar-refractivity contribution in [2.75, 3.05) is 26.3 Å². The molecule has 0 radical (unpaired) electrons. The van der Waals surface area contributed by atoms with Crippen molar-refractivity contribution < 1.29 is 9.53 Å². The molecule has 1 aromatic carbocycles. The minimum Gasteiger partial charge on any atom is -0.379 e. The molecule has 1 aliphatic carbocycles. The first kappa shape index (κ1) is 20.3. The van der Waals surface area contributed by atoms with Gasteiger partial charge >= 0.3 is 0 Å². The van der Waals surface area contributed by atoms with E-state index in [-0.39, 0.29) is 11.3 Å². The fourth-order valence-corrected chi connectivity index (χ4v) is 5.49. The zero-order valence-electron chi connectivity index (χ0n) is 18.1. The Bertz CT molecular complexity index is 1020. The number of aromatic nitrogens is 2. The van der Waals surface area contributed by atoms with Crippen LogP contribution >= 0.6 is 0 Å². The van der Waals surface area contributed by atoms with Gasteiger partial charge in [-0.25, -0.2) is 0 Å². The molecule has 5 heteroatoms. The Labute approximate surface area is 184 Å². The van der Waals surface area contributed by atoms with Crippen LogP contribution in [0.3, 0.4) is 0 Å². The van der Waals surface area contributed by atoms with Crippen LogP contribution in [-0.2, 0) is 21.4 Å². The highest BCUT2D eigenvalue weighted by atomic mass is 16.5. The molecule has 162 valence electrons. The molecule has 3 heterocycles. The van der Waals surface area contributed by atoms with Crippen LogP contribution < -0.4 is 0 Å². The summed E-state index contributed by atoms with van der Waals surface area (Å²) in [6.07, 6.45) is 12.1. The van der Waals surface area contributed by atoms with E-state index in [1.165, 1.54) is 12.0 Å². The monoisotopic (exact) mass is 417 g/mol. The summed E-state index contributed by atoms with van der Waals surface area (Å²) in [4.78, 5) is 20.8. The van der Waals surface area contributed by atoms with Crippen molar-refractivity contribution in [2.24, 2.45) is 5.92 Å². The molecule has 5 nitrogen and oxygen atoms in total. The summed E-state index contributed by atoms with van der Waals surface area (Å²) in [5, 5.41) is 0. The largest absolute Gasteiger partial charge is 0.379 e. The van der Waals surface area contributed by atoms with Gasteiger partial charge in [-0.1, -0.05) is 49.6 Å². The molecule has 2 aromatic heterocycles. The van der Waals surface area contributed by atoms with E-state index in [4.69, 9.17) is 4.74 Å². The van der Waals surface area contributed by atoms with Crippen LogP contribution in [0.15, 0.2) is 61.1 Å². The highest BCUT2D eigenvalue weighted by Crippen LogP contribution is 2.41. The van der Waals surface area contributed by atoms with E-state index in [2.05, 4.69) is 44.6 Å². The quantitative estimate of drug-likeness (QED) is 0.637. The summed E-state index contributed by atoms with van der Waals surface area (Å²) >= 11 is 0. The molecule has 2 aliphatic rings. The van der Waals surface area contributed by atoms with Gasteiger partial charge in [-0.3, -0.25) is 9.78 Å². The van der Waals surface area contributed by atoms with Gasteiger partial charge in [0.1, 0.15) is 0 Å². The lowest BCUT2D eigenvalue weighted by atomic mass is 9.68. The maximum atomic E-state index is 14.0. The third-order valence-corrected chi connectivity index (χ3v) is 7.08. The van der Waals surface area contributed by atoms with Crippen molar-refractivity contribution in [3.05, 3.63) is 72.3 Å². The Morgan fingerprint density at radius 1 is 1.06 bits per heavy atom. The number of rotatable bonds is 4. The van der Waals surface area contributed by atoms with Crippen LogP contribution in [0.4, 0.5) is 0 Å². The van der Waals surface area contributed by atoms with Crippen LogP contribution in [0.5, 0.6) is 0 Å². The predicted molar refractivity (Wildman–Crippen MR) is 121 cm³/mol. The van der Waals surface area contributed by atoms with E-state index < -0.39 is 0 Å². The third-order valence-electron chi connectivity index (χ3n) is 7.08. The van der Waals surface area contributed by atoms with Gasteiger partial charge in [-0.05, 0) is 37.0 Å². The molecule has 0 unspecified atom stereocenters. The van der Waals surface area contributed by atoms with Gasteiger partial charge in [0.15, 0.2) is 0 Å². The molecule has 0 N–H and O–H groups in total. The lowest BCUT2D eigenvalue weighted by Crippen LogP contribution is -2.50. The maximum Gasteiger partial charge on any atom is 0.233 e. The number of hydrogen-bond donors (Lipinski definition) is 0. The third kappa shape index (κ3) is 3.99. The number of carbonyl (C=O) groups excluding carboxylic acids is 1. The van der Waals surface area contributed by atoms with Crippen LogP contribution in [0.2, 0.25) is 0 Å². The van der Waals surface area contributed by atoms with E-state index in [1.807, 2.05) is 30.7 Å². The van der Waals surface area contributed by atoms with Crippen molar-refractivity contribution in [1.29, 1.82) is 0 Å². The van der Waals surface area contributed by atoms with Crippen molar-refractivity contribution >= 4 is 11.4 Å². The standard InChI is InChI=1S/C26H31N3O2/c30-25(26(11-5-2-6-12-26)22-8-3-1-4-9-22)29-16-17-31-20-21(19-29)18-23-24-10-7-14-28(24)15-13-27-23/h1,3-4,7-10,13-15,21H,2,5-6,11-12,16-20H2/t21-/m0/s1. The van der Waals surface area contributed by atoms with Crippen molar-refractivity contribution in [2.45, 2.75) is 43.9 Å². The number of benzene rings is 1. The lowest BCUT2D eigenvalue weighted by Gasteiger charge is -2.40. The van der Waals surface area contributed by atoms with Gasteiger partial charge in [-0.2, -0.15) is 0 Å². The van der Waals surface area contributed by atoms with E-state index in [1.54, 1.807) is 0 Å². The van der Waals surface area contributed by atoms with E-state index in [9.17, 15) is 4.79 Å². The topological polar surface area (TPSA) is 46.8 Å². The summed E-state index contributed by atoms with van der Waals surface area (Å²) in [5.41, 5.74) is 3.01. The molecule has 3 aromatic rings. The summed E-state index contributed by atoms with van der Waals surface area (Å²) < 4.78 is 8.06. The fraction of sp³-hybridized carbons (Fsp3) is 0.462. The van der Waals surface area contributed by atoms with Gasteiger partial charge in [0, 0.05) is 37.6 Å². The first-order valence-electron chi connectivity index (χ1n) is 11.6. The Morgan fingerprint density at radius 3 is 2.74 bits per heavy atom. The number of hydrogen-bond acceptors (Lipinski definition) is 3. The molecule has 1 saturated heterocycles. The molecule has 1 saturated carbocycles. The van der Waals surface area contributed by atoms with Gasteiger partial charge < -0.3 is 14.0 Å². The molecular weight excluding hydrogens is 386 g/mol. The Balaban J connectivity index is 1.39. The molecular formula is C26H31N3O2. The van der Waals surface area contributed by atoms with Gasteiger partial charge in [0.25, 0.3) is 0 Å². The second-order valence-electron chi connectivity index (χ2n) is 9.08. The average molecular weight is 418 g/mol. The smallest absolute Gasteiger partial charge is 0.233 e. The molecule has 1 atom stereocenters. The van der Waals surface area contributed by atoms with Crippen molar-refractivity contribution in [3.63, 3.8) is 0 Å². The maximum absolute atomic E-state index is 14.0. The predicted octanol–water partition coefficient (Wildman–Crippen LogP) is 4.25. The summed E-state index contributed by atoms with van der Waals surface area (Å²) in [6, 6.07) is 14.6. The summed E-state index contributed by atoms with van der Waals surface area (Å²) in [5.74, 6) is 0.541. The first-order valence-corrected chi connectivity index (χ1v) is 11.6. The zero-order chi connectivity index (χ0) is 21.1. The summed E-state index contributed by atoms with van der Waals surface area (Å²) in [6.45, 7) is 2.69. The van der Waals surface area contributed by atoms with Gasteiger partial charge in [-0.15, -0.1) is 0 Å². The van der Waals surface area contributed by atoms with Crippen LogP contribution in [-0.4, -0.2) is 46.5 Å². The highest BCUT2D eigenvalue weighted by Gasteiger charge is 2.44. The SMILES string of the molecule is O=C(N1CCOC[C@@H](Cc2nccn3cccc23)C1)C1(c2ccccc2)CCCCC1. The zero-order valence-corrected chi connectivity index (χ0v) is 18.1. The highest BCUT2D eigenvalue weighted by molar-refractivity contribution is 5.88. The molecule has 31 heavy (non-hydrogen) atoms. The molecule has 2 fully saturated rings. The number of ether oxygens (including phenoxy) is 1. The number of amides is 1. The second kappa shape index (κ2) is 8.83. The van der Waals surface area contributed by atoms with Crippen LogP contribution in [0.25, 0.3) is 5.52 Å². The second-order valence-corrected chi connectivity index (χ2v) is 9.08. The van der Waals surface area contributed by atoms with Crippen molar-refractivity contribution in [1.82, 2.24) is 14.3 Å². The summed E-state index contributed by atoms with van der Waals surface area (Å²) in [7, 11) is 0. The number of fused-ring (bicyclic) bond motifs is 1. The van der Waals surface area contributed by atoms with Crippen molar-refractivity contribution in [3.8, 4) is 0 Å². The average Bonchev–Trinajstić information content (AvgIpc) is 3.20. The Kier molecular flexibility index (Phi) is 5.77. The van der Waals surface area contributed by atoms with E-state index in [0.717, 1.165) is 49.9 Å². The lowest BCUT2D eigenvalue weighted by molar-refractivity contribution is -0.139. The minimum atomic E-state index is -0.381. The normalized spacial score (nSPS) is 21.7. The molecule has 5 rings (SSSR count). The number of carbonyl (C=O) groups is 1. The Morgan fingerprint density at radius 2 is 1.90 bits per heavy atom. The van der Waals surface area contributed by atoms with E-state index >= 15 is 0 Å². The Hall–Kier alpha value is -2.66.